The largest absolute Gasteiger partial charge is 0.338 e. The van der Waals surface area contributed by atoms with Crippen LogP contribution in [0.2, 0.25) is 0 Å². The lowest BCUT2D eigenvalue weighted by molar-refractivity contribution is -0.0494. The highest BCUT2D eigenvalue weighted by atomic mass is 19.3. The van der Waals surface area contributed by atoms with Crippen LogP contribution in [0.15, 0.2) is 49.1 Å². The van der Waals surface area contributed by atoms with Crippen LogP contribution in [-0.4, -0.2) is 59.8 Å². The zero-order chi connectivity index (χ0) is 20.7. The average molecular weight is 409 g/mol. The summed E-state index contributed by atoms with van der Waals surface area (Å²) in [5.41, 5.74) is 2.66. The first-order valence-electron chi connectivity index (χ1n) is 9.47. The molecule has 1 fully saturated rings. The Morgan fingerprint density at radius 2 is 1.83 bits per heavy atom. The van der Waals surface area contributed by atoms with Gasteiger partial charge in [0.25, 0.3) is 11.8 Å². The summed E-state index contributed by atoms with van der Waals surface area (Å²) in [5.74, 6) is -2.31. The molecule has 0 unspecified atom stereocenters. The summed E-state index contributed by atoms with van der Waals surface area (Å²) < 4.78 is 28.4. The smallest absolute Gasteiger partial charge is 0.255 e. The quantitative estimate of drug-likeness (QED) is 0.561. The number of hydrogen-bond donors (Lipinski definition) is 1. The van der Waals surface area contributed by atoms with Crippen molar-refractivity contribution in [2.24, 2.45) is 0 Å². The van der Waals surface area contributed by atoms with E-state index in [2.05, 4.69) is 25.3 Å². The number of piperidine rings is 1. The summed E-state index contributed by atoms with van der Waals surface area (Å²) >= 11 is 0. The molecule has 0 atom stereocenters. The number of H-pyrrole nitrogens is 1. The number of carbonyl (C=O) groups is 1. The number of fused-ring (bicyclic) bond motifs is 1. The van der Waals surface area contributed by atoms with Crippen molar-refractivity contribution in [3.05, 3.63) is 54.6 Å². The van der Waals surface area contributed by atoms with Gasteiger partial charge in [0, 0.05) is 43.1 Å². The van der Waals surface area contributed by atoms with E-state index in [1.54, 1.807) is 16.9 Å². The molecule has 1 aliphatic rings. The molecule has 0 spiro atoms. The highest BCUT2D eigenvalue weighted by Crippen LogP contribution is 2.28. The first-order chi connectivity index (χ1) is 14.5. The minimum absolute atomic E-state index is 0.0423. The maximum absolute atomic E-state index is 13.4. The molecule has 1 N–H and O–H groups in total. The van der Waals surface area contributed by atoms with Gasteiger partial charge in [-0.2, -0.15) is 10.2 Å². The van der Waals surface area contributed by atoms with Crippen LogP contribution in [0.25, 0.3) is 28.1 Å². The second kappa shape index (κ2) is 6.97. The van der Waals surface area contributed by atoms with Crippen LogP contribution in [0.5, 0.6) is 0 Å². The van der Waals surface area contributed by atoms with Crippen LogP contribution >= 0.6 is 0 Å². The lowest BCUT2D eigenvalue weighted by Gasteiger charge is -2.31. The predicted molar refractivity (Wildman–Crippen MR) is 104 cm³/mol. The molecule has 30 heavy (non-hydrogen) atoms. The number of rotatable bonds is 3. The van der Waals surface area contributed by atoms with Gasteiger partial charge >= 0.3 is 0 Å². The highest BCUT2D eigenvalue weighted by Gasteiger charge is 2.35. The van der Waals surface area contributed by atoms with Crippen LogP contribution in [0, 0.1) is 0 Å². The van der Waals surface area contributed by atoms with Crippen molar-refractivity contribution >= 4 is 16.9 Å². The number of aromatic amines is 1. The first-order valence-corrected chi connectivity index (χ1v) is 9.47. The molecule has 1 amide bonds. The van der Waals surface area contributed by atoms with E-state index in [-0.39, 0.29) is 31.8 Å². The number of hydrogen-bond acceptors (Lipinski definition) is 5. The molecule has 4 heterocycles. The molecule has 1 aliphatic heterocycles. The molecule has 4 aromatic rings. The monoisotopic (exact) mass is 409 g/mol. The minimum Gasteiger partial charge on any atom is -0.338 e. The fourth-order valence-corrected chi connectivity index (χ4v) is 3.55. The van der Waals surface area contributed by atoms with Crippen LogP contribution in [-0.2, 0) is 0 Å². The van der Waals surface area contributed by atoms with E-state index in [9.17, 15) is 13.6 Å². The highest BCUT2D eigenvalue weighted by molar-refractivity contribution is 5.97. The molecule has 0 saturated carbocycles. The molecular formula is C20H17F2N7O. The molecule has 0 radical (unpaired) electrons. The number of amides is 1. The maximum atomic E-state index is 13.4. The van der Waals surface area contributed by atoms with Crippen molar-refractivity contribution in [2.45, 2.75) is 18.8 Å². The van der Waals surface area contributed by atoms with Crippen LogP contribution in [0.3, 0.4) is 0 Å². The Hall–Kier alpha value is -3.69. The zero-order valence-electron chi connectivity index (χ0n) is 15.8. The summed E-state index contributed by atoms with van der Waals surface area (Å²) in [5, 5.41) is 11.7. The van der Waals surface area contributed by atoms with Gasteiger partial charge in [-0.15, -0.1) is 0 Å². The molecule has 3 aromatic heterocycles. The molecule has 1 aromatic carbocycles. The Labute approximate surface area is 169 Å². The summed E-state index contributed by atoms with van der Waals surface area (Å²) in [6, 6.07) is 9.27. The molecule has 0 aliphatic carbocycles. The molecule has 10 heteroatoms. The fraction of sp³-hybridized carbons (Fsp3) is 0.250. The van der Waals surface area contributed by atoms with Crippen molar-refractivity contribution < 1.29 is 13.6 Å². The van der Waals surface area contributed by atoms with Gasteiger partial charge in [0.05, 0.1) is 17.4 Å². The Balaban J connectivity index is 1.39. The Kier molecular flexibility index (Phi) is 4.27. The second-order valence-corrected chi connectivity index (χ2v) is 7.22. The average Bonchev–Trinajstić information content (AvgIpc) is 3.43. The number of aromatic nitrogens is 6. The van der Waals surface area contributed by atoms with Gasteiger partial charge in [0.15, 0.2) is 11.5 Å². The number of nitrogens with one attached hydrogen (secondary N) is 1. The Morgan fingerprint density at radius 3 is 2.53 bits per heavy atom. The summed E-state index contributed by atoms with van der Waals surface area (Å²) in [6.45, 7) is 0.0847. The number of carbonyl (C=O) groups excluding carboxylic acids is 1. The van der Waals surface area contributed by atoms with E-state index < -0.39 is 5.92 Å². The van der Waals surface area contributed by atoms with Crippen molar-refractivity contribution in [1.29, 1.82) is 0 Å². The van der Waals surface area contributed by atoms with Crippen molar-refractivity contribution in [2.75, 3.05) is 13.1 Å². The Morgan fingerprint density at radius 1 is 1.07 bits per heavy atom. The fourth-order valence-electron chi connectivity index (χ4n) is 3.55. The Bertz CT molecular complexity index is 1190. The minimum atomic E-state index is -2.69. The normalized spacial score (nSPS) is 16.1. The van der Waals surface area contributed by atoms with Crippen LogP contribution < -0.4 is 0 Å². The summed E-state index contributed by atoms with van der Waals surface area (Å²) in [4.78, 5) is 22.7. The van der Waals surface area contributed by atoms with Gasteiger partial charge in [0.2, 0.25) is 0 Å². The van der Waals surface area contributed by atoms with Crippen molar-refractivity contribution in [3.63, 3.8) is 0 Å². The number of alkyl halides is 2. The third-order valence-electron chi connectivity index (χ3n) is 5.24. The van der Waals surface area contributed by atoms with E-state index in [1.165, 1.54) is 17.4 Å². The predicted octanol–water partition coefficient (Wildman–Crippen LogP) is 3.08. The molecule has 0 bridgehead atoms. The number of nitrogens with zero attached hydrogens (tertiary/aromatic N) is 6. The van der Waals surface area contributed by atoms with Crippen molar-refractivity contribution in [1.82, 2.24) is 34.8 Å². The van der Waals surface area contributed by atoms with E-state index in [4.69, 9.17) is 0 Å². The van der Waals surface area contributed by atoms with E-state index in [0.29, 0.717) is 22.4 Å². The SMILES string of the molecule is O=C(c1cnc2c(cnn2-c2ccc(-c3ncn[nH]3)cc2)c1)N1CCC(F)(F)CC1. The van der Waals surface area contributed by atoms with E-state index in [0.717, 1.165) is 11.3 Å². The van der Waals surface area contributed by atoms with E-state index >= 15 is 0 Å². The standard InChI is InChI=1S/C20H17F2N7O/c21-20(22)5-7-28(8-6-20)19(30)15-9-14-11-26-29(18(14)23-10-15)16-3-1-13(2-4-16)17-24-12-25-27-17/h1-4,9-12H,5-8H2,(H,24,25,27). The van der Waals surface area contributed by atoms with Crippen LogP contribution in [0.4, 0.5) is 8.78 Å². The van der Waals surface area contributed by atoms with Crippen LogP contribution in [0.1, 0.15) is 23.2 Å². The number of likely N-dealkylation sites (tertiary alicyclic amines) is 1. The van der Waals surface area contributed by atoms with Crippen molar-refractivity contribution in [3.8, 4) is 17.1 Å². The second-order valence-electron chi connectivity index (χ2n) is 7.22. The van der Waals surface area contributed by atoms with Gasteiger partial charge in [-0.25, -0.2) is 23.4 Å². The summed E-state index contributed by atoms with van der Waals surface area (Å²) in [6.07, 6.45) is 3.93. The zero-order valence-corrected chi connectivity index (χ0v) is 15.8. The summed E-state index contributed by atoms with van der Waals surface area (Å²) in [7, 11) is 0. The van der Waals surface area contributed by atoms with Gasteiger partial charge in [-0.3, -0.25) is 9.89 Å². The third-order valence-corrected chi connectivity index (χ3v) is 5.24. The molecule has 152 valence electrons. The number of halogens is 2. The maximum Gasteiger partial charge on any atom is 0.255 e. The molecule has 8 nitrogen and oxygen atoms in total. The lowest BCUT2D eigenvalue weighted by Crippen LogP contribution is -2.42. The molecule has 5 rings (SSSR count). The van der Waals surface area contributed by atoms with Gasteiger partial charge in [-0.1, -0.05) is 0 Å². The number of pyridine rings is 1. The van der Waals surface area contributed by atoms with Gasteiger partial charge in [0.1, 0.15) is 6.33 Å². The third kappa shape index (κ3) is 3.30. The van der Waals surface area contributed by atoms with Gasteiger partial charge < -0.3 is 4.90 Å². The molecular weight excluding hydrogens is 392 g/mol. The molecule has 1 saturated heterocycles. The topological polar surface area (TPSA) is 92.6 Å². The number of benzene rings is 1. The first kappa shape index (κ1) is 18.3. The van der Waals surface area contributed by atoms with E-state index in [1.807, 2.05) is 24.3 Å². The lowest BCUT2D eigenvalue weighted by atomic mass is 10.1. The van der Waals surface area contributed by atoms with Gasteiger partial charge in [-0.05, 0) is 30.3 Å².